The minimum atomic E-state index is -0.755. The second kappa shape index (κ2) is 8.06. The number of fused-ring (bicyclic) bond motifs is 1. The van der Waals surface area contributed by atoms with Gasteiger partial charge in [0.25, 0.3) is 5.91 Å². The van der Waals surface area contributed by atoms with Gasteiger partial charge in [-0.2, -0.15) is 0 Å². The van der Waals surface area contributed by atoms with Crippen LogP contribution in [0.4, 0.5) is 5.69 Å². The van der Waals surface area contributed by atoms with Gasteiger partial charge in [0.15, 0.2) is 6.61 Å². The zero-order chi connectivity index (χ0) is 20.2. The van der Waals surface area contributed by atoms with Crippen molar-refractivity contribution >= 4 is 17.6 Å². The molecule has 146 valence electrons. The first-order valence-electron chi connectivity index (χ1n) is 9.19. The number of anilines is 1. The lowest BCUT2D eigenvalue weighted by Crippen LogP contribution is -2.43. The Kier molecular flexibility index (Phi) is 5.16. The van der Waals surface area contributed by atoms with Crippen LogP contribution in [0.15, 0.2) is 78.9 Å². The first-order chi connectivity index (χ1) is 14.1. The number of esters is 1. The molecular formula is C23H19NO5. The summed E-state index contributed by atoms with van der Waals surface area (Å²) in [6.45, 7) is -0.162. The number of benzene rings is 3. The lowest BCUT2D eigenvalue weighted by molar-refractivity contribution is -0.122. The number of aromatic hydroxyl groups is 1. The molecule has 0 aromatic heterocycles. The molecule has 0 saturated carbocycles. The molecule has 0 saturated heterocycles. The average molecular weight is 389 g/mol. The fourth-order valence-electron chi connectivity index (χ4n) is 3.34. The monoisotopic (exact) mass is 389 g/mol. The SMILES string of the molecule is O=C(OCC(=O)N1c2ccccc2OC[C@@H]1c1ccccc1)c1ccccc1O. The van der Waals surface area contributed by atoms with E-state index < -0.39 is 12.6 Å². The number of para-hydroxylation sites is 3. The second-order valence-corrected chi connectivity index (χ2v) is 6.56. The van der Waals surface area contributed by atoms with E-state index in [1.54, 1.807) is 29.2 Å². The maximum Gasteiger partial charge on any atom is 0.342 e. The van der Waals surface area contributed by atoms with Gasteiger partial charge in [-0.25, -0.2) is 4.79 Å². The fourth-order valence-corrected chi connectivity index (χ4v) is 3.34. The molecule has 0 unspecified atom stereocenters. The molecule has 0 bridgehead atoms. The van der Waals surface area contributed by atoms with Crippen LogP contribution in [-0.2, 0) is 9.53 Å². The number of rotatable bonds is 4. The molecule has 6 nitrogen and oxygen atoms in total. The van der Waals surface area contributed by atoms with E-state index in [4.69, 9.17) is 9.47 Å². The predicted octanol–water partition coefficient (Wildman–Crippen LogP) is 3.72. The van der Waals surface area contributed by atoms with Crippen molar-refractivity contribution < 1.29 is 24.2 Å². The Labute approximate surface area is 167 Å². The van der Waals surface area contributed by atoms with Crippen LogP contribution in [0.5, 0.6) is 11.5 Å². The molecule has 6 heteroatoms. The molecule has 1 heterocycles. The van der Waals surface area contributed by atoms with Gasteiger partial charge in [-0.15, -0.1) is 0 Å². The smallest absolute Gasteiger partial charge is 0.342 e. The van der Waals surface area contributed by atoms with Crippen LogP contribution < -0.4 is 9.64 Å². The molecular weight excluding hydrogens is 370 g/mol. The summed E-state index contributed by atoms with van der Waals surface area (Å²) in [6, 6.07) is 22.5. The number of phenolic OH excluding ortho intramolecular Hbond substituents is 1. The van der Waals surface area contributed by atoms with Crippen LogP contribution in [0, 0.1) is 0 Å². The minimum Gasteiger partial charge on any atom is -0.507 e. The van der Waals surface area contributed by atoms with Gasteiger partial charge >= 0.3 is 5.97 Å². The number of hydrogen-bond acceptors (Lipinski definition) is 5. The van der Waals surface area contributed by atoms with Crippen molar-refractivity contribution in [2.75, 3.05) is 18.1 Å². The number of ether oxygens (including phenoxy) is 2. The number of hydrogen-bond donors (Lipinski definition) is 1. The molecule has 1 amide bonds. The highest BCUT2D eigenvalue weighted by Gasteiger charge is 2.33. The molecule has 1 aliphatic heterocycles. The number of carbonyl (C=O) groups excluding carboxylic acids is 2. The third-order valence-corrected chi connectivity index (χ3v) is 4.74. The Morgan fingerprint density at radius 2 is 1.66 bits per heavy atom. The number of nitrogens with zero attached hydrogens (tertiary/aromatic N) is 1. The molecule has 1 aliphatic rings. The molecule has 0 spiro atoms. The highest BCUT2D eigenvalue weighted by molar-refractivity contribution is 5.99. The summed E-state index contributed by atoms with van der Waals surface area (Å²) in [6.07, 6.45) is 0. The van der Waals surface area contributed by atoms with E-state index in [1.165, 1.54) is 12.1 Å². The Morgan fingerprint density at radius 3 is 2.45 bits per heavy atom. The van der Waals surface area contributed by atoms with Crippen LogP contribution in [0.2, 0.25) is 0 Å². The van der Waals surface area contributed by atoms with Crippen molar-refractivity contribution in [1.82, 2.24) is 0 Å². The maximum absolute atomic E-state index is 13.1. The molecule has 29 heavy (non-hydrogen) atoms. The van der Waals surface area contributed by atoms with Crippen LogP contribution in [0.3, 0.4) is 0 Å². The summed E-state index contributed by atoms with van der Waals surface area (Å²) >= 11 is 0. The molecule has 3 aromatic carbocycles. The lowest BCUT2D eigenvalue weighted by Gasteiger charge is -2.37. The lowest BCUT2D eigenvalue weighted by atomic mass is 10.0. The van der Waals surface area contributed by atoms with Gasteiger partial charge < -0.3 is 14.6 Å². The van der Waals surface area contributed by atoms with Gasteiger partial charge in [0, 0.05) is 0 Å². The first-order valence-corrected chi connectivity index (χ1v) is 9.19. The van der Waals surface area contributed by atoms with Crippen molar-refractivity contribution in [2.45, 2.75) is 6.04 Å². The zero-order valence-electron chi connectivity index (χ0n) is 15.5. The summed E-state index contributed by atoms with van der Waals surface area (Å²) in [4.78, 5) is 27.0. The highest BCUT2D eigenvalue weighted by atomic mass is 16.5. The van der Waals surface area contributed by atoms with E-state index >= 15 is 0 Å². The van der Waals surface area contributed by atoms with Crippen LogP contribution in [0.25, 0.3) is 0 Å². The molecule has 4 rings (SSSR count). The molecule has 0 fully saturated rings. The minimum absolute atomic E-state index is 0.0160. The molecule has 3 aromatic rings. The topological polar surface area (TPSA) is 76.1 Å². The van der Waals surface area contributed by atoms with E-state index in [0.717, 1.165) is 5.56 Å². The standard InChI is InChI=1S/C23H19NO5/c25-20-12-6-4-10-17(20)23(27)29-15-22(26)24-18-11-5-7-13-21(18)28-14-19(24)16-8-2-1-3-9-16/h1-13,19,25H,14-15H2/t19-/m1/s1. The predicted molar refractivity (Wildman–Crippen MR) is 107 cm³/mol. The Morgan fingerprint density at radius 1 is 0.966 bits per heavy atom. The number of amides is 1. The Hall–Kier alpha value is -3.80. The highest BCUT2D eigenvalue weighted by Crippen LogP contribution is 2.39. The summed E-state index contributed by atoms with van der Waals surface area (Å²) < 4.78 is 11.0. The van der Waals surface area contributed by atoms with Gasteiger partial charge in [0.1, 0.15) is 23.7 Å². The average Bonchev–Trinajstić information content (AvgIpc) is 2.77. The Bertz CT molecular complexity index is 1030. The van der Waals surface area contributed by atoms with Gasteiger partial charge in [-0.1, -0.05) is 54.6 Å². The normalized spacial score (nSPS) is 15.2. The van der Waals surface area contributed by atoms with Crippen LogP contribution >= 0.6 is 0 Å². The first kappa shape index (κ1) is 18.6. The molecule has 0 aliphatic carbocycles. The fraction of sp³-hybridized carbons (Fsp3) is 0.130. The van der Waals surface area contributed by atoms with Crippen molar-refractivity contribution in [3.05, 3.63) is 90.0 Å². The van der Waals surface area contributed by atoms with Crippen molar-refractivity contribution in [1.29, 1.82) is 0 Å². The van der Waals surface area contributed by atoms with Gasteiger partial charge in [-0.05, 0) is 29.8 Å². The van der Waals surface area contributed by atoms with Crippen molar-refractivity contribution in [3.8, 4) is 11.5 Å². The van der Waals surface area contributed by atoms with E-state index in [0.29, 0.717) is 18.0 Å². The summed E-state index contributed by atoms with van der Waals surface area (Å²) in [5.74, 6) is -0.725. The quantitative estimate of drug-likeness (QED) is 0.689. The molecule has 1 atom stereocenters. The van der Waals surface area contributed by atoms with Crippen LogP contribution in [0.1, 0.15) is 22.0 Å². The largest absolute Gasteiger partial charge is 0.507 e. The third kappa shape index (κ3) is 3.78. The van der Waals surface area contributed by atoms with Crippen molar-refractivity contribution in [3.63, 3.8) is 0 Å². The summed E-state index contributed by atoms with van der Waals surface area (Å²) in [7, 11) is 0. The Balaban J connectivity index is 1.58. The van der Waals surface area contributed by atoms with E-state index in [2.05, 4.69) is 0 Å². The van der Waals surface area contributed by atoms with E-state index in [1.807, 2.05) is 42.5 Å². The van der Waals surface area contributed by atoms with Crippen molar-refractivity contribution in [2.24, 2.45) is 0 Å². The summed E-state index contributed by atoms with van der Waals surface area (Å²) in [5, 5.41) is 9.80. The molecule has 1 N–H and O–H groups in total. The van der Waals surface area contributed by atoms with Crippen LogP contribution in [-0.4, -0.2) is 30.2 Å². The zero-order valence-corrected chi connectivity index (χ0v) is 15.5. The second-order valence-electron chi connectivity index (χ2n) is 6.56. The number of phenols is 1. The number of carbonyl (C=O) groups is 2. The van der Waals surface area contributed by atoms with Gasteiger partial charge in [0.2, 0.25) is 0 Å². The maximum atomic E-state index is 13.1. The summed E-state index contributed by atoms with van der Waals surface area (Å²) in [5.41, 5.74) is 1.56. The third-order valence-electron chi connectivity index (χ3n) is 4.74. The van der Waals surface area contributed by atoms with Gasteiger partial charge in [-0.3, -0.25) is 9.69 Å². The van der Waals surface area contributed by atoms with Gasteiger partial charge in [0.05, 0.1) is 11.7 Å². The van der Waals surface area contributed by atoms with E-state index in [9.17, 15) is 14.7 Å². The van der Waals surface area contributed by atoms with E-state index in [-0.39, 0.29) is 23.3 Å². The molecule has 0 radical (unpaired) electrons.